The number of benzene rings is 2. The maximum absolute atomic E-state index is 12.9. The monoisotopic (exact) mass is 365 g/mol. The molecule has 1 amide bonds. The highest BCUT2D eigenvalue weighted by molar-refractivity contribution is 6.01. The summed E-state index contributed by atoms with van der Waals surface area (Å²) in [6, 6.07) is 11.4. The molecule has 2 rings (SSSR count). The van der Waals surface area contributed by atoms with Gasteiger partial charge in [0.15, 0.2) is 6.29 Å². The number of carbonyl (C=O) groups excluding carboxylic acids is 2. The van der Waals surface area contributed by atoms with Crippen molar-refractivity contribution >= 4 is 12.2 Å². The van der Waals surface area contributed by atoms with Crippen LogP contribution in [0.5, 0.6) is 5.75 Å². The van der Waals surface area contributed by atoms with Gasteiger partial charge in [0.1, 0.15) is 5.75 Å². The zero-order valence-electron chi connectivity index (χ0n) is 14.1. The molecule has 4 nitrogen and oxygen atoms in total. The third kappa shape index (κ3) is 4.84. The minimum absolute atomic E-state index is 0.0278. The molecule has 0 bridgehead atoms. The van der Waals surface area contributed by atoms with E-state index in [0.29, 0.717) is 18.3 Å². The van der Waals surface area contributed by atoms with Crippen molar-refractivity contribution in [2.45, 2.75) is 12.6 Å². The van der Waals surface area contributed by atoms with Crippen molar-refractivity contribution < 1.29 is 27.5 Å². The molecule has 0 aromatic heterocycles. The summed E-state index contributed by atoms with van der Waals surface area (Å²) in [5.41, 5.74) is -0.252. The number of nitrogens with zero attached hydrogens (tertiary/aromatic N) is 1. The molecule has 7 heteroatoms. The predicted octanol–water partition coefficient (Wildman–Crippen LogP) is 4.06. The quantitative estimate of drug-likeness (QED) is 0.549. The Hall–Kier alpha value is -2.83. The number of ether oxygens (including phenoxy) is 1. The van der Waals surface area contributed by atoms with Crippen molar-refractivity contribution in [1.29, 1.82) is 0 Å². The second-order valence-corrected chi connectivity index (χ2v) is 5.63. The van der Waals surface area contributed by atoms with Gasteiger partial charge in [-0.2, -0.15) is 13.2 Å². The largest absolute Gasteiger partial charge is 0.493 e. The smallest absolute Gasteiger partial charge is 0.419 e. The van der Waals surface area contributed by atoms with Crippen LogP contribution in [0.2, 0.25) is 0 Å². The van der Waals surface area contributed by atoms with E-state index < -0.39 is 11.7 Å². The van der Waals surface area contributed by atoms with Gasteiger partial charge in [0.05, 0.1) is 17.7 Å². The summed E-state index contributed by atoms with van der Waals surface area (Å²) >= 11 is 0. The van der Waals surface area contributed by atoms with Gasteiger partial charge >= 0.3 is 6.18 Å². The number of hydrogen-bond donors (Lipinski definition) is 0. The summed E-state index contributed by atoms with van der Waals surface area (Å²) in [5.74, 6) is -0.566. The van der Waals surface area contributed by atoms with E-state index in [0.717, 1.165) is 6.07 Å². The van der Waals surface area contributed by atoms with E-state index in [-0.39, 0.29) is 30.4 Å². The Morgan fingerprint density at radius 1 is 1.12 bits per heavy atom. The van der Waals surface area contributed by atoms with Crippen LogP contribution >= 0.6 is 0 Å². The van der Waals surface area contributed by atoms with E-state index in [9.17, 15) is 22.8 Å². The zero-order valence-corrected chi connectivity index (χ0v) is 14.1. The van der Waals surface area contributed by atoms with Crippen LogP contribution in [0.4, 0.5) is 13.2 Å². The number of hydrogen-bond acceptors (Lipinski definition) is 3. The van der Waals surface area contributed by atoms with Gasteiger partial charge in [-0.1, -0.05) is 30.3 Å². The molecule has 0 saturated heterocycles. The molecule has 2 aromatic carbocycles. The first-order valence-corrected chi connectivity index (χ1v) is 7.93. The first kappa shape index (κ1) is 19.5. The number of carbonyl (C=O) groups is 2. The second kappa shape index (κ2) is 8.51. The van der Waals surface area contributed by atoms with Gasteiger partial charge in [0, 0.05) is 19.2 Å². The summed E-state index contributed by atoms with van der Waals surface area (Å²) in [7, 11) is 1.56. The molecule has 0 heterocycles. The summed E-state index contributed by atoms with van der Waals surface area (Å²) in [5, 5.41) is 0. The predicted molar refractivity (Wildman–Crippen MR) is 90.3 cm³/mol. The van der Waals surface area contributed by atoms with Crippen LogP contribution in [0, 0.1) is 0 Å². The van der Waals surface area contributed by atoms with Crippen LogP contribution in [0.1, 0.15) is 32.7 Å². The fourth-order valence-electron chi connectivity index (χ4n) is 2.41. The van der Waals surface area contributed by atoms with Crippen LogP contribution in [0.3, 0.4) is 0 Å². The molecular weight excluding hydrogens is 347 g/mol. The Morgan fingerprint density at radius 2 is 1.77 bits per heavy atom. The van der Waals surface area contributed by atoms with Gasteiger partial charge in [-0.25, -0.2) is 0 Å². The van der Waals surface area contributed by atoms with E-state index in [4.69, 9.17) is 4.74 Å². The third-order valence-corrected chi connectivity index (χ3v) is 3.75. The van der Waals surface area contributed by atoms with Gasteiger partial charge in [-0.15, -0.1) is 0 Å². The normalized spacial score (nSPS) is 11.1. The van der Waals surface area contributed by atoms with Gasteiger partial charge in [0.25, 0.3) is 5.91 Å². The van der Waals surface area contributed by atoms with Gasteiger partial charge in [-0.05, 0) is 24.6 Å². The number of rotatable bonds is 7. The molecule has 0 N–H and O–H groups in total. The van der Waals surface area contributed by atoms with E-state index in [1.165, 1.54) is 23.1 Å². The third-order valence-electron chi connectivity index (χ3n) is 3.75. The molecular formula is C19H18F3NO3. The average Bonchev–Trinajstić information content (AvgIpc) is 2.64. The standard InChI is InChI=1S/C19H18F3NO3/c1-23(18(25)15-8-3-2-7-14(15)13-24)11-6-12-26-17-10-5-4-9-16(17)19(20,21)22/h2-5,7-10,13H,6,11-12H2,1H3. The summed E-state index contributed by atoms with van der Waals surface area (Å²) < 4.78 is 43.9. The molecule has 0 radical (unpaired) electrons. The lowest BCUT2D eigenvalue weighted by molar-refractivity contribution is -0.138. The SMILES string of the molecule is CN(CCCOc1ccccc1C(F)(F)F)C(=O)c1ccccc1C=O. The molecule has 0 spiro atoms. The van der Waals surface area contributed by atoms with Crippen LogP contribution in [-0.4, -0.2) is 37.3 Å². The number of aldehydes is 1. The molecule has 0 atom stereocenters. The summed E-state index contributed by atoms with van der Waals surface area (Å²) in [6.07, 6.45) is -3.53. The average molecular weight is 365 g/mol. The molecule has 2 aromatic rings. The van der Waals surface area contributed by atoms with Crippen LogP contribution in [0.15, 0.2) is 48.5 Å². The molecule has 0 aliphatic rings. The van der Waals surface area contributed by atoms with Crippen molar-refractivity contribution in [3.05, 3.63) is 65.2 Å². The molecule has 26 heavy (non-hydrogen) atoms. The van der Waals surface area contributed by atoms with Crippen molar-refractivity contribution in [3.63, 3.8) is 0 Å². The van der Waals surface area contributed by atoms with Gasteiger partial charge < -0.3 is 9.64 Å². The highest BCUT2D eigenvalue weighted by Crippen LogP contribution is 2.35. The first-order chi connectivity index (χ1) is 12.3. The van der Waals surface area contributed by atoms with E-state index >= 15 is 0 Å². The molecule has 0 unspecified atom stereocenters. The fraction of sp³-hybridized carbons (Fsp3) is 0.263. The lowest BCUT2D eigenvalue weighted by Gasteiger charge is -2.19. The maximum Gasteiger partial charge on any atom is 0.419 e. The minimum Gasteiger partial charge on any atom is -0.493 e. The second-order valence-electron chi connectivity index (χ2n) is 5.63. The van der Waals surface area contributed by atoms with Crippen LogP contribution in [-0.2, 0) is 6.18 Å². The topological polar surface area (TPSA) is 46.6 Å². The van der Waals surface area contributed by atoms with Crippen LogP contribution in [0.25, 0.3) is 0 Å². The Kier molecular flexibility index (Phi) is 6.38. The molecule has 0 aliphatic heterocycles. The summed E-state index contributed by atoms with van der Waals surface area (Å²) in [6.45, 7) is 0.306. The lowest BCUT2D eigenvalue weighted by atomic mass is 10.1. The zero-order chi connectivity index (χ0) is 19.2. The Balaban J connectivity index is 1.91. The summed E-state index contributed by atoms with van der Waals surface area (Å²) in [4.78, 5) is 24.8. The molecule has 0 aliphatic carbocycles. The van der Waals surface area contributed by atoms with Crippen molar-refractivity contribution in [1.82, 2.24) is 4.90 Å². The lowest BCUT2D eigenvalue weighted by Crippen LogP contribution is -2.29. The van der Waals surface area contributed by atoms with E-state index in [2.05, 4.69) is 0 Å². The highest BCUT2D eigenvalue weighted by atomic mass is 19.4. The van der Waals surface area contributed by atoms with Crippen LogP contribution < -0.4 is 4.74 Å². The first-order valence-electron chi connectivity index (χ1n) is 7.93. The van der Waals surface area contributed by atoms with E-state index in [1.54, 1.807) is 31.3 Å². The highest BCUT2D eigenvalue weighted by Gasteiger charge is 2.33. The van der Waals surface area contributed by atoms with Gasteiger partial charge in [-0.3, -0.25) is 9.59 Å². The Morgan fingerprint density at radius 3 is 2.46 bits per heavy atom. The number of halogens is 3. The minimum atomic E-state index is -4.48. The van der Waals surface area contributed by atoms with E-state index in [1.807, 2.05) is 0 Å². The van der Waals surface area contributed by atoms with Gasteiger partial charge in [0.2, 0.25) is 0 Å². The molecule has 138 valence electrons. The number of alkyl halides is 3. The number of amides is 1. The van der Waals surface area contributed by atoms with Crippen molar-refractivity contribution in [3.8, 4) is 5.75 Å². The van der Waals surface area contributed by atoms with Crippen molar-refractivity contribution in [2.75, 3.05) is 20.2 Å². The molecule has 0 saturated carbocycles. The fourth-order valence-corrected chi connectivity index (χ4v) is 2.41. The molecule has 0 fully saturated rings. The maximum atomic E-state index is 12.9. The Bertz CT molecular complexity index is 775. The Labute approximate surface area is 149 Å². The number of para-hydroxylation sites is 1. The van der Waals surface area contributed by atoms with Crippen molar-refractivity contribution in [2.24, 2.45) is 0 Å².